The Hall–Kier alpha value is -2.44. The third-order valence-corrected chi connectivity index (χ3v) is 3.83. The van der Waals surface area contributed by atoms with Crippen molar-refractivity contribution in [3.05, 3.63) is 63.7 Å². The van der Waals surface area contributed by atoms with Gasteiger partial charge in [0.15, 0.2) is 5.11 Å². The SMILES string of the molecule is Cc1ccc(C(=O)NC(=S)Nc2cc(C(=O)[O-])ccc2C)c(Cl)c1. The van der Waals surface area contributed by atoms with Crippen LogP contribution < -0.4 is 15.7 Å². The van der Waals surface area contributed by atoms with Gasteiger partial charge in [0, 0.05) is 5.69 Å². The van der Waals surface area contributed by atoms with Crippen LogP contribution in [-0.4, -0.2) is 17.0 Å². The smallest absolute Gasteiger partial charge is 0.258 e. The van der Waals surface area contributed by atoms with Gasteiger partial charge in [-0.2, -0.15) is 0 Å². The molecule has 5 nitrogen and oxygen atoms in total. The van der Waals surface area contributed by atoms with Gasteiger partial charge in [0.2, 0.25) is 0 Å². The highest BCUT2D eigenvalue weighted by Crippen LogP contribution is 2.18. The van der Waals surface area contributed by atoms with E-state index in [1.807, 2.05) is 6.92 Å². The molecule has 0 bridgehead atoms. The quantitative estimate of drug-likeness (QED) is 0.821. The number of thiocarbonyl (C=S) groups is 1. The van der Waals surface area contributed by atoms with Crippen molar-refractivity contribution in [2.45, 2.75) is 13.8 Å². The Kier molecular flexibility index (Phi) is 5.54. The first-order valence-corrected chi connectivity index (χ1v) is 7.77. The van der Waals surface area contributed by atoms with Crippen molar-refractivity contribution in [3.63, 3.8) is 0 Å². The number of carbonyl (C=O) groups excluding carboxylic acids is 2. The highest BCUT2D eigenvalue weighted by atomic mass is 35.5. The number of benzene rings is 2. The zero-order valence-corrected chi connectivity index (χ0v) is 14.5. The Labute approximate surface area is 149 Å². The summed E-state index contributed by atoms with van der Waals surface area (Å²) in [6.07, 6.45) is 0. The predicted molar refractivity (Wildman–Crippen MR) is 95.4 cm³/mol. The lowest BCUT2D eigenvalue weighted by Gasteiger charge is -2.14. The van der Waals surface area contributed by atoms with E-state index in [1.54, 1.807) is 31.2 Å². The van der Waals surface area contributed by atoms with Crippen LogP contribution in [0.4, 0.5) is 5.69 Å². The van der Waals surface area contributed by atoms with Gasteiger partial charge in [-0.25, -0.2) is 0 Å². The summed E-state index contributed by atoms with van der Waals surface area (Å²) in [5.41, 5.74) is 2.49. The second kappa shape index (κ2) is 7.42. The second-order valence-corrected chi connectivity index (χ2v) is 6.02. The van der Waals surface area contributed by atoms with Crippen molar-refractivity contribution in [1.29, 1.82) is 0 Å². The van der Waals surface area contributed by atoms with Gasteiger partial charge in [-0.05, 0) is 61.0 Å². The van der Waals surface area contributed by atoms with E-state index in [9.17, 15) is 14.7 Å². The number of aryl methyl sites for hydroxylation is 2. The second-order valence-electron chi connectivity index (χ2n) is 5.21. The maximum absolute atomic E-state index is 12.2. The normalized spacial score (nSPS) is 10.1. The van der Waals surface area contributed by atoms with Crippen LogP contribution in [0.2, 0.25) is 5.02 Å². The van der Waals surface area contributed by atoms with Crippen molar-refractivity contribution in [2.24, 2.45) is 0 Å². The largest absolute Gasteiger partial charge is 0.545 e. The molecule has 0 fully saturated rings. The number of amides is 1. The summed E-state index contributed by atoms with van der Waals surface area (Å²) in [6.45, 7) is 3.65. The Morgan fingerprint density at radius 3 is 2.46 bits per heavy atom. The summed E-state index contributed by atoms with van der Waals surface area (Å²) >= 11 is 11.2. The lowest BCUT2D eigenvalue weighted by Crippen LogP contribution is -2.34. The fourth-order valence-electron chi connectivity index (χ4n) is 2.01. The maximum atomic E-state index is 12.2. The Morgan fingerprint density at radius 2 is 1.83 bits per heavy atom. The molecule has 2 aromatic carbocycles. The first-order valence-electron chi connectivity index (χ1n) is 6.98. The van der Waals surface area contributed by atoms with Crippen LogP contribution in [0.3, 0.4) is 0 Å². The molecule has 0 unspecified atom stereocenters. The van der Waals surface area contributed by atoms with E-state index < -0.39 is 11.9 Å². The third kappa shape index (κ3) is 4.31. The van der Waals surface area contributed by atoms with Crippen molar-refractivity contribution in [2.75, 3.05) is 5.32 Å². The number of nitrogens with one attached hydrogen (secondary N) is 2. The number of anilines is 1. The summed E-state index contributed by atoms with van der Waals surface area (Å²) in [5, 5.41) is 16.6. The molecule has 0 heterocycles. The third-order valence-electron chi connectivity index (χ3n) is 3.32. The van der Waals surface area contributed by atoms with Crippen LogP contribution in [0, 0.1) is 13.8 Å². The Bertz CT molecular complexity index is 837. The summed E-state index contributed by atoms with van der Waals surface area (Å²) in [5.74, 6) is -1.74. The molecule has 0 saturated carbocycles. The fourth-order valence-corrected chi connectivity index (χ4v) is 2.54. The molecule has 2 N–H and O–H groups in total. The van der Waals surface area contributed by atoms with E-state index in [0.717, 1.165) is 11.1 Å². The molecular formula is C17H14ClN2O3S-. The summed E-state index contributed by atoms with van der Waals surface area (Å²) in [7, 11) is 0. The van der Waals surface area contributed by atoms with Gasteiger partial charge in [0.1, 0.15) is 0 Å². The zero-order chi connectivity index (χ0) is 17.9. The van der Waals surface area contributed by atoms with Crippen LogP contribution in [-0.2, 0) is 0 Å². The fraction of sp³-hybridized carbons (Fsp3) is 0.118. The number of hydrogen-bond donors (Lipinski definition) is 2. The van der Waals surface area contributed by atoms with Gasteiger partial charge in [0.25, 0.3) is 5.91 Å². The topological polar surface area (TPSA) is 81.3 Å². The first kappa shape index (κ1) is 17.9. The van der Waals surface area contributed by atoms with Gasteiger partial charge < -0.3 is 15.2 Å². The zero-order valence-electron chi connectivity index (χ0n) is 13.0. The summed E-state index contributed by atoms with van der Waals surface area (Å²) < 4.78 is 0. The van der Waals surface area contributed by atoms with Crippen molar-refractivity contribution in [3.8, 4) is 0 Å². The Balaban J connectivity index is 2.12. The molecule has 0 radical (unpaired) electrons. The first-order chi connectivity index (χ1) is 11.3. The van der Waals surface area contributed by atoms with E-state index in [1.165, 1.54) is 12.1 Å². The molecule has 0 spiro atoms. The highest BCUT2D eigenvalue weighted by Gasteiger charge is 2.12. The number of halogens is 1. The number of carboxylic acid groups (broad SMARTS) is 1. The van der Waals surface area contributed by atoms with Gasteiger partial charge in [-0.1, -0.05) is 29.8 Å². The minimum Gasteiger partial charge on any atom is -0.545 e. The van der Waals surface area contributed by atoms with Gasteiger partial charge in [-0.3, -0.25) is 10.1 Å². The molecule has 2 rings (SSSR count). The van der Waals surface area contributed by atoms with Crippen LogP contribution in [0.25, 0.3) is 0 Å². The Morgan fingerprint density at radius 1 is 1.12 bits per heavy atom. The maximum Gasteiger partial charge on any atom is 0.258 e. The molecule has 2 aromatic rings. The van der Waals surface area contributed by atoms with Gasteiger partial charge >= 0.3 is 0 Å². The number of aromatic carboxylic acids is 1. The van der Waals surface area contributed by atoms with E-state index in [-0.39, 0.29) is 10.7 Å². The predicted octanol–water partition coefficient (Wildman–Crippen LogP) is 2.45. The summed E-state index contributed by atoms with van der Waals surface area (Å²) in [4.78, 5) is 23.1. The lowest BCUT2D eigenvalue weighted by molar-refractivity contribution is -0.255. The standard InChI is InChI=1S/C17H15ClN2O3S/c1-9-3-6-12(13(18)7-9)15(21)20-17(24)19-14-8-11(16(22)23)5-4-10(14)2/h3-8H,1-2H3,(H,22,23)(H2,19,20,21,24)/p-1. The van der Waals surface area contributed by atoms with Crippen LogP contribution in [0.15, 0.2) is 36.4 Å². The number of hydrogen-bond acceptors (Lipinski definition) is 4. The van der Waals surface area contributed by atoms with Crippen molar-refractivity contribution in [1.82, 2.24) is 5.32 Å². The van der Waals surface area contributed by atoms with Crippen molar-refractivity contribution >= 4 is 46.5 Å². The number of carboxylic acids is 1. The molecule has 0 aliphatic rings. The minimum atomic E-state index is -1.29. The van der Waals surface area contributed by atoms with E-state index >= 15 is 0 Å². The molecule has 0 aliphatic carbocycles. The lowest BCUT2D eigenvalue weighted by atomic mass is 10.1. The molecule has 0 saturated heterocycles. The van der Waals surface area contributed by atoms with E-state index in [4.69, 9.17) is 23.8 Å². The van der Waals surface area contributed by atoms with Crippen LogP contribution in [0.1, 0.15) is 31.8 Å². The average molecular weight is 362 g/mol. The number of carbonyl (C=O) groups is 2. The number of rotatable bonds is 3. The molecule has 124 valence electrons. The summed E-state index contributed by atoms with van der Waals surface area (Å²) in [6, 6.07) is 9.50. The van der Waals surface area contributed by atoms with Crippen LogP contribution in [0.5, 0.6) is 0 Å². The minimum absolute atomic E-state index is 0.0128. The molecule has 1 amide bonds. The average Bonchev–Trinajstić information content (AvgIpc) is 2.48. The molecule has 0 atom stereocenters. The molecule has 0 aromatic heterocycles. The van der Waals surface area contributed by atoms with Gasteiger partial charge in [-0.15, -0.1) is 0 Å². The monoisotopic (exact) mass is 361 g/mol. The molecule has 7 heteroatoms. The molecular weight excluding hydrogens is 348 g/mol. The van der Waals surface area contributed by atoms with E-state index in [2.05, 4.69) is 10.6 Å². The molecule has 24 heavy (non-hydrogen) atoms. The van der Waals surface area contributed by atoms with Gasteiger partial charge in [0.05, 0.1) is 16.6 Å². The van der Waals surface area contributed by atoms with Crippen molar-refractivity contribution < 1.29 is 14.7 Å². The van der Waals surface area contributed by atoms with Crippen LogP contribution >= 0.6 is 23.8 Å². The highest BCUT2D eigenvalue weighted by molar-refractivity contribution is 7.80. The van der Waals surface area contributed by atoms with E-state index in [0.29, 0.717) is 16.3 Å². The molecule has 0 aliphatic heterocycles.